The van der Waals surface area contributed by atoms with Gasteiger partial charge in [-0.05, 0) is 42.5 Å². The molecule has 0 aliphatic heterocycles. The molecular formula is C23H21FN4O7S. The summed E-state index contributed by atoms with van der Waals surface area (Å²) in [7, 11) is -1.61. The third-order valence-electron chi connectivity index (χ3n) is 4.87. The van der Waals surface area contributed by atoms with Gasteiger partial charge in [-0.25, -0.2) is 18.2 Å². The molecule has 36 heavy (non-hydrogen) atoms. The summed E-state index contributed by atoms with van der Waals surface area (Å²) in [6, 6.07) is 14.2. The fourth-order valence-corrected chi connectivity index (χ4v) is 4.57. The molecule has 1 N–H and O–H groups in total. The number of ether oxygens (including phenoxy) is 2. The molecule has 0 spiro atoms. The Balaban J connectivity index is 1.90. The van der Waals surface area contributed by atoms with Crippen LogP contribution >= 0.6 is 0 Å². The van der Waals surface area contributed by atoms with E-state index < -0.39 is 33.2 Å². The van der Waals surface area contributed by atoms with Gasteiger partial charge in [-0.3, -0.25) is 19.2 Å². The molecule has 0 atom stereocenters. The molecule has 0 saturated carbocycles. The predicted molar refractivity (Wildman–Crippen MR) is 129 cm³/mol. The fraction of sp³-hybridized carbons (Fsp3) is 0.130. The van der Waals surface area contributed by atoms with Crippen molar-refractivity contribution in [2.75, 3.05) is 25.1 Å². The first-order valence-corrected chi connectivity index (χ1v) is 11.7. The molecule has 0 heterocycles. The molecule has 188 valence electrons. The molecule has 0 fully saturated rings. The van der Waals surface area contributed by atoms with Crippen LogP contribution in [0.15, 0.2) is 76.7 Å². The van der Waals surface area contributed by atoms with E-state index in [1.54, 1.807) is 6.07 Å². The van der Waals surface area contributed by atoms with Crippen LogP contribution in [0.2, 0.25) is 0 Å². The van der Waals surface area contributed by atoms with Crippen molar-refractivity contribution in [2.45, 2.75) is 4.90 Å². The molecule has 13 heteroatoms. The lowest BCUT2D eigenvalue weighted by molar-refractivity contribution is -0.385. The standard InChI is InChI=1S/C23H21FN4O7S/c1-34-21-12-11-19(13-22(21)35-2)36(32,33)27(18-9-7-17(24)8-10-18)15-23(29)26-25-14-16-5-3-4-6-20(16)28(30)31/h3-14H,15H2,1-2H3,(H,26,29)/b25-14-. The van der Waals surface area contributed by atoms with E-state index in [0.717, 1.165) is 22.7 Å². The number of rotatable bonds is 10. The van der Waals surface area contributed by atoms with Crippen molar-refractivity contribution in [1.82, 2.24) is 5.43 Å². The number of para-hydroxylation sites is 1. The zero-order chi connectivity index (χ0) is 26.3. The Bertz CT molecular complexity index is 1400. The number of amides is 1. The van der Waals surface area contributed by atoms with Crippen LogP contribution in [0, 0.1) is 15.9 Å². The number of benzene rings is 3. The Morgan fingerprint density at radius 2 is 1.75 bits per heavy atom. The lowest BCUT2D eigenvalue weighted by atomic mass is 10.2. The highest BCUT2D eigenvalue weighted by atomic mass is 32.2. The van der Waals surface area contributed by atoms with Crippen molar-refractivity contribution in [2.24, 2.45) is 5.10 Å². The summed E-state index contributed by atoms with van der Waals surface area (Å²) in [5, 5.41) is 14.8. The summed E-state index contributed by atoms with van der Waals surface area (Å²) < 4.78 is 51.5. The number of anilines is 1. The molecule has 3 rings (SSSR count). The number of hydrazone groups is 1. The quantitative estimate of drug-likeness (QED) is 0.248. The van der Waals surface area contributed by atoms with Gasteiger partial charge in [0.1, 0.15) is 12.4 Å². The molecule has 0 bridgehead atoms. The Hall–Kier alpha value is -4.52. The third-order valence-corrected chi connectivity index (χ3v) is 6.64. The number of hydrogen-bond acceptors (Lipinski definition) is 8. The summed E-state index contributed by atoms with van der Waals surface area (Å²) in [6.07, 6.45) is 1.07. The highest BCUT2D eigenvalue weighted by Gasteiger charge is 2.28. The number of sulfonamides is 1. The average molecular weight is 517 g/mol. The number of halogens is 1. The maximum absolute atomic E-state index is 13.5. The van der Waals surface area contributed by atoms with E-state index in [2.05, 4.69) is 10.5 Å². The normalized spacial score (nSPS) is 11.2. The highest BCUT2D eigenvalue weighted by Crippen LogP contribution is 2.32. The largest absolute Gasteiger partial charge is 0.493 e. The van der Waals surface area contributed by atoms with Crippen molar-refractivity contribution in [3.8, 4) is 11.5 Å². The van der Waals surface area contributed by atoms with E-state index >= 15 is 0 Å². The van der Waals surface area contributed by atoms with Crippen LogP contribution in [0.25, 0.3) is 0 Å². The van der Waals surface area contributed by atoms with Crippen LogP contribution in [0.1, 0.15) is 5.56 Å². The minimum atomic E-state index is -4.34. The van der Waals surface area contributed by atoms with E-state index in [4.69, 9.17) is 9.47 Å². The van der Waals surface area contributed by atoms with Gasteiger partial charge in [0.25, 0.3) is 21.6 Å². The Morgan fingerprint density at radius 3 is 2.39 bits per heavy atom. The van der Waals surface area contributed by atoms with Gasteiger partial charge in [0.05, 0.1) is 41.5 Å². The SMILES string of the molecule is COc1ccc(S(=O)(=O)N(CC(=O)N/N=C\c2ccccc2[N+](=O)[O-])c2ccc(F)cc2)cc1OC. The van der Waals surface area contributed by atoms with Gasteiger partial charge in [0.2, 0.25) is 0 Å². The number of nitrogens with zero attached hydrogens (tertiary/aromatic N) is 3. The maximum atomic E-state index is 13.5. The van der Waals surface area contributed by atoms with Crippen LogP contribution < -0.4 is 19.2 Å². The van der Waals surface area contributed by atoms with E-state index in [-0.39, 0.29) is 27.6 Å². The molecule has 0 aliphatic carbocycles. The molecular weight excluding hydrogens is 495 g/mol. The Labute approximate surface area is 206 Å². The van der Waals surface area contributed by atoms with Crippen molar-refractivity contribution < 1.29 is 32.0 Å². The zero-order valence-electron chi connectivity index (χ0n) is 19.1. The molecule has 0 aromatic heterocycles. The topological polar surface area (TPSA) is 140 Å². The second-order valence-corrected chi connectivity index (χ2v) is 8.98. The molecule has 3 aromatic rings. The number of nitro benzene ring substituents is 1. The second-order valence-electron chi connectivity index (χ2n) is 7.11. The fourth-order valence-electron chi connectivity index (χ4n) is 3.13. The van der Waals surface area contributed by atoms with Crippen molar-refractivity contribution >= 4 is 33.5 Å². The molecule has 11 nitrogen and oxygen atoms in total. The van der Waals surface area contributed by atoms with E-state index in [1.165, 1.54) is 62.8 Å². The minimum Gasteiger partial charge on any atom is -0.493 e. The zero-order valence-corrected chi connectivity index (χ0v) is 19.9. The summed E-state index contributed by atoms with van der Waals surface area (Å²) in [6.45, 7) is -0.726. The monoisotopic (exact) mass is 516 g/mol. The van der Waals surface area contributed by atoms with Crippen LogP contribution in [-0.2, 0) is 14.8 Å². The summed E-state index contributed by atoms with van der Waals surface area (Å²) in [4.78, 5) is 22.9. The van der Waals surface area contributed by atoms with Gasteiger partial charge in [-0.2, -0.15) is 5.10 Å². The number of nitro groups is 1. The van der Waals surface area contributed by atoms with Gasteiger partial charge in [0.15, 0.2) is 11.5 Å². The van der Waals surface area contributed by atoms with E-state index in [9.17, 15) is 27.7 Å². The molecule has 1 amide bonds. The number of carbonyl (C=O) groups is 1. The van der Waals surface area contributed by atoms with Crippen LogP contribution in [0.3, 0.4) is 0 Å². The highest BCUT2D eigenvalue weighted by molar-refractivity contribution is 7.92. The van der Waals surface area contributed by atoms with Gasteiger partial charge in [-0.1, -0.05) is 12.1 Å². The Kier molecular flexibility index (Phi) is 8.17. The van der Waals surface area contributed by atoms with Crippen molar-refractivity contribution in [3.05, 3.63) is 88.2 Å². The maximum Gasteiger partial charge on any atom is 0.278 e. The summed E-state index contributed by atoms with van der Waals surface area (Å²) >= 11 is 0. The first-order valence-electron chi connectivity index (χ1n) is 10.2. The van der Waals surface area contributed by atoms with Gasteiger partial charge in [0, 0.05) is 12.1 Å². The average Bonchev–Trinajstić information content (AvgIpc) is 2.87. The van der Waals surface area contributed by atoms with Gasteiger partial charge >= 0.3 is 0 Å². The third kappa shape index (κ3) is 5.93. The predicted octanol–water partition coefficient (Wildman–Crippen LogP) is 3.10. The summed E-state index contributed by atoms with van der Waals surface area (Å²) in [5.41, 5.74) is 2.09. The van der Waals surface area contributed by atoms with Gasteiger partial charge < -0.3 is 9.47 Å². The molecule has 0 radical (unpaired) electrons. The van der Waals surface area contributed by atoms with Crippen molar-refractivity contribution in [3.63, 3.8) is 0 Å². The van der Waals surface area contributed by atoms with E-state index in [0.29, 0.717) is 5.75 Å². The second kappa shape index (κ2) is 11.3. The minimum absolute atomic E-state index is 0.0176. The first-order chi connectivity index (χ1) is 17.2. The van der Waals surface area contributed by atoms with Crippen LogP contribution in [0.4, 0.5) is 15.8 Å². The van der Waals surface area contributed by atoms with Crippen LogP contribution in [0.5, 0.6) is 11.5 Å². The molecule has 0 aliphatic rings. The van der Waals surface area contributed by atoms with Crippen LogP contribution in [-0.4, -0.2) is 46.2 Å². The number of methoxy groups -OCH3 is 2. The summed E-state index contributed by atoms with van der Waals surface area (Å²) in [5.74, 6) is -0.998. The van der Waals surface area contributed by atoms with E-state index in [1.807, 2.05) is 0 Å². The number of carbonyl (C=O) groups excluding carboxylic acids is 1. The molecule has 3 aromatic carbocycles. The molecule has 0 saturated heterocycles. The number of nitrogens with one attached hydrogen (secondary N) is 1. The lowest BCUT2D eigenvalue weighted by Gasteiger charge is -2.24. The first kappa shape index (κ1) is 26.1. The lowest BCUT2D eigenvalue weighted by Crippen LogP contribution is -2.39. The van der Waals surface area contributed by atoms with Gasteiger partial charge in [-0.15, -0.1) is 0 Å². The Morgan fingerprint density at radius 1 is 1.08 bits per heavy atom. The van der Waals surface area contributed by atoms with Crippen molar-refractivity contribution in [1.29, 1.82) is 0 Å². The smallest absolute Gasteiger partial charge is 0.278 e. The molecule has 0 unspecified atom stereocenters. The number of hydrogen-bond donors (Lipinski definition) is 1.